The number of nitrogens with one attached hydrogen (secondary N) is 1. The Morgan fingerprint density at radius 1 is 1.41 bits per heavy atom. The van der Waals surface area contributed by atoms with Crippen LogP contribution in [-0.4, -0.2) is 4.98 Å². The summed E-state index contributed by atoms with van der Waals surface area (Å²) in [7, 11) is 0. The predicted molar refractivity (Wildman–Crippen MR) is 68.6 cm³/mol. The molecule has 0 saturated carbocycles. The second-order valence-corrected chi connectivity index (χ2v) is 4.72. The first-order valence-electron chi connectivity index (χ1n) is 5.38. The Morgan fingerprint density at radius 3 is 3.00 bits per heavy atom. The zero-order chi connectivity index (χ0) is 12.1. The van der Waals surface area contributed by atoms with Crippen LogP contribution in [0.1, 0.15) is 21.7 Å². The Kier molecular flexibility index (Phi) is 3.86. The molecule has 0 atom stereocenters. The summed E-state index contributed by atoms with van der Waals surface area (Å²) in [5.41, 5.74) is 4.79. The average molecular weight is 243 g/mol. The Bertz CT molecular complexity index is 540. The van der Waals surface area contributed by atoms with Crippen molar-refractivity contribution in [3.63, 3.8) is 0 Å². The van der Waals surface area contributed by atoms with E-state index in [1.807, 2.05) is 36.7 Å². The van der Waals surface area contributed by atoms with Gasteiger partial charge in [0.15, 0.2) is 0 Å². The smallest absolute Gasteiger partial charge is 0.0991 e. The van der Waals surface area contributed by atoms with E-state index in [1.54, 1.807) is 11.3 Å². The fourth-order valence-corrected chi connectivity index (χ4v) is 2.31. The summed E-state index contributed by atoms with van der Waals surface area (Å²) in [5.74, 6) is 0. The second kappa shape index (κ2) is 5.58. The largest absolute Gasteiger partial charge is 0.308 e. The lowest BCUT2D eigenvalue weighted by Crippen LogP contribution is -2.12. The minimum atomic E-state index is 0.707. The van der Waals surface area contributed by atoms with Gasteiger partial charge in [0.25, 0.3) is 0 Å². The Hall–Kier alpha value is -1.70. The van der Waals surface area contributed by atoms with Crippen molar-refractivity contribution >= 4 is 11.3 Å². The first-order chi connectivity index (χ1) is 8.29. The monoisotopic (exact) mass is 243 g/mol. The molecule has 0 aliphatic heterocycles. The van der Waals surface area contributed by atoms with Crippen molar-refractivity contribution < 1.29 is 0 Å². The molecular formula is C13H13N3S. The fraction of sp³-hybridized carbons (Fsp3) is 0.231. The van der Waals surface area contributed by atoms with E-state index in [1.165, 1.54) is 4.88 Å². The first-order valence-corrected chi connectivity index (χ1v) is 6.26. The lowest BCUT2D eigenvalue weighted by atomic mass is 10.1. The molecule has 17 heavy (non-hydrogen) atoms. The van der Waals surface area contributed by atoms with Gasteiger partial charge in [0.1, 0.15) is 0 Å². The van der Waals surface area contributed by atoms with Gasteiger partial charge in [-0.05, 0) is 24.6 Å². The summed E-state index contributed by atoms with van der Waals surface area (Å²) in [6.07, 6.45) is 0. The van der Waals surface area contributed by atoms with Crippen molar-refractivity contribution in [2.75, 3.05) is 0 Å². The average Bonchev–Trinajstić information content (AvgIpc) is 2.76. The van der Waals surface area contributed by atoms with Gasteiger partial charge in [0, 0.05) is 18.0 Å². The molecule has 86 valence electrons. The van der Waals surface area contributed by atoms with Crippen LogP contribution < -0.4 is 5.32 Å². The molecule has 0 fully saturated rings. The Balaban J connectivity index is 1.90. The number of hydrogen-bond donors (Lipinski definition) is 1. The lowest BCUT2D eigenvalue weighted by Gasteiger charge is -2.04. The van der Waals surface area contributed by atoms with Crippen molar-refractivity contribution in [2.45, 2.75) is 20.0 Å². The third-order valence-electron chi connectivity index (χ3n) is 2.52. The van der Waals surface area contributed by atoms with Gasteiger partial charge in [-0.15, -0.1) is 11.3 Å². The molecular weight excluding hydrogens is 230 g/mol. The first kappa shape index (κ1) is 11.8. The van der Waals surface area contributed by atoms with E-state index in [0.29, 0.717) is 5.56 Å². The molecule has 0 bridgehead atoms. The van der Waals surface area contributed by atoms with E-state index < -0.39 is 0 Å². The van der Waals surface area contributed by atoms with E-state index in [4.69, 9.17) is 5.26 Å². The third-order valence-corrected chi connectivity index (χ3v) is 3.45. The summed E-state index contributed by atoms with van der Waals surface area (Å²) in [6, 6.07) is 9.80. The molecule has 1 aromatic carbocycles. The van der Waals surface area contributed by atoms with Gasteiger partial charge in [0.2, 0.25) is 0 Å². The molecule has 3 nitrogen and oxygen atoms in total. The molecule has 0 spiro atoms. The number of thiazole rings is 1. The summed E-state index contributed by atoms with van der Waals surface area (Å²) < 4.78 is 0. The highest BCUT2D eigenvalue weighted by Crippen LogP contribution is 2.11. The standard InChI is InChI=1S/C13H13N3S/c1-10-13(17-9-16-10)8-15-7-12-4-2-3-11(5-12)6-14/h2-5,9,15H,7-8H2,1H3. The highest BCUT2D eigenvalue weighted by molar-refractivity contribution is 7.09. The van der Waals surface area contributed by atoms with E-state index in [-0.39, 0.29) is 0 Å². The molecule has 0 unspecified atom stereocenters. The second-order valence-electron chi connectivity index (χ2n) is 3.78. The number of rotatable bonds is 4. The Morgan fingerprint density at radius 2 is 2.29 bits per heavy atom. The summed E-state index contributed by atoms with van der Waals surface area (Å²) in [5, 5.41) is 12.2. The maximum atomic E-state index is 8.80. The number of benzene rings is 1. The number of nitriles is 1. The molecule has 0 amide bonds. The lowest BCUT2D eigenvalue weighted by molar-refractivity contribution is 0.697. The molecule has 0 saturated heterocycles. The minimum absolute atomic E-state index is 0.707. The number of hydrogen-bond acceptors (Lipinski definition) is 4. The molecule has 0 aliphatic rings. The van der Waals surface area contributed by atoms with Crippen molar-refractivity contribution in [1.82, 2.24) is 10.3 Å². The van der Waals surface area contributed by atoms with Gasteiger partial charge < -0.3 is 5.32 Å². The zero-order valence-corrected chi connectivity index (χ0v) is 10.4. The van der Waals surface area contributed by atoms with Gasteiger partial charge >= 0.3 is 0 Å². The molecule has 2 aromatic rings. The fourth-order valence-electron chi connectivity index (χ4n) is 1.57. The van der Waals surface area contributed by atoms with E-state index in [2.05, 4.69) is 16.4 Å². The van der Waals surface area contributed by atoms with Crippen LogP contribution in [-0.2, 0) is 13.1 Å². The van der Waals surface area contributed by atoms with Crippen LogP contribution in [0, 0.1) is 18.3 Å². The van der Waals surface area contributed by atoms with E-state index >= 15 is 0 Å². The van der Waals surface area contributed by atoms with Gasteiger partial charge in [-0.25, -0.2) is 4.98 Å². The zero-order valence-electron chi connectivity index (χ0n) is 9.60. The van der Waals surface area contributed by atoms with E-state index in [9.17, 15) is 0 Å². The van der Waals surface area contributed by atoms with Crippen molar-refractivity contribution in [3.8, 4) is 6.07 Å². The van der Waals surface area contributed by atoms with Crippen molar-refractivity contribution in [1.29, 1.82) is 5.26 Å². The summed E-state index contributed by atoms with van der Waals surface area (Å²) in [4.78, 5) is 5.47. The van der Waals surface area contributed by atoms with E-state index in [0.717, 1.165) is 24.3 Å². The highest BCUT2D eigenvalue weighted by atomic mass is 32.1. The van der Waals surface area contributed by atoms with Gasteiger partial charge in [-0.3, -0.25) is 0 Å². The molecule has 1 N–H and O–H groups in total. The topological polar surface area (TPSA) is 48.7 Å². The van der Waals surface area contributed by atoms with Crippen LogP contribution in [0.4, 0.5) is 0 Å². The van der Waals surface area contributed by atoms with Gasteiger partial charge in [0.05, 0.1) is 22.8 Å². The number of nitrogens with zero attached hydrogens (tertiary/aromatic N) is 2. The Labute approximate surface area is 105 Å². The quantitative estimate of drug-likeness (QED) is 0.898. The number of aryl methyl sites for hydroxylation is 1. The van der Waals surface area contributed by atoms with Gasteiger partial charge in [-0.2, -0.15) is 5.26 Å². The van der Waals surface area contributed by atoms with Crippen LogP contribution in [0.5, 0.6) is 0 Å². The molecule has 4 heteroatoms. The molecule has 0 radical (unpaired) electrons. The number of aromatic nitrogens is 1. The molecule has 1 heterocycles. The molecule has 0 aliphatic carbocycles. The van der Waals surface area contributed by atoms with Gasteiger partial charge in [-0.1, -0.05) is 12.1 Å². The van der Waals surface area contributed by atoms with Crippen LogP contribution in [0.2, 0.25) is 0 Å². The predicted octanol–water partition coefficient (Wildman–Crippen LogP) is 2.61. The van der Waals surface area contributed by atoms with Crippen molar-refractivity contribution in [2.24, 2.45) is 0 Å². The van der Waals surface area contributed by atoms with Crippen LogP contribution in [0.15, 0.2) is 29.8 Å². The maximum absolute atomic E-state index is 8.80. The molecule has 1 aromatic heterocycles. The minimum Gasteiger partial charge on any atom is -0.308 e. The SMILES string of the molecule is Cc1ncsc1CNCc1cccc(C#N)c1. The molecule has 2 rings (SSSR count). The normalized spacial score (nSPS) is 10.1. The maximum Gasteiger partial charge on any atom is 0.0991 e. The van der Waals surface area contributed by atoms with Crippen LogP contribution in [0.3, 0.4) is 0 Å². The summed E-state index contributed by atoms with van der Waals surface area (Å²) >= 11 is 1.67. The highest BCUT2D eigenvalue weighted by Gasteiger charge is 2.00. The van der Waals surface area contributed by atoms with Crippen LogP contribution >= 0.6 is 11.3 Å². The van der Waals surface area contributed by atoms with Crippen molar-refractivity contribution in [3.05, 3.63) is 51.5 Å². The summed E-state index contributed by atoms with van der Waals surface area (Å²) in [6.45, 7) is 3.62. The third kappa shape index (κ3) is 3.13. The van der Waals surface area contributed by atoms with Crippen LogP contribution in [0.25, 0.3) is 0 Å².